The van der Waals surface area contributed by atoms with Crippen molar-refractivity contribution < 1.29 is 16.8 Å². The molecule has 8 heteroatoms. The summed E-state index contributed by atoms with van der Waals surface area (Å²) in [6, 6.07) is 13.2. The largest absolute Gasteiger partial charge is 0.300 e. The van der Waals surface area contributed by atoms with Crippen molar-refractivity contribution in [2.24, 2.45) is 0 Å². The Morgan fingerprint density at radius 1 is 0.903 bits per heavy atom. The molecule has 2 aliphatic heterocycles. The van der Waals surface area contributed by atoms with Crippen LogP contribution in [0.1, 0.15) is 51.0 Å². The van der Waals surface area contributed by atoms with Gasteiger partial charge in [-0.3, -0.25) is 0 Å². The van der Waals surface area contributed by atoms with E-state index in [1.54, 1.807) is 24.3 Å². The van der Waals surface area contributed by atoms with Gasteiger partial charge in [0.25, 0.3) is 0 Å². The van der Waals surface area contributed by atoms with Crippen LogP contribution in [0.15, 0.2) is 63.2 Å². The number of rotatable bonds is 6. The van der Waals surface area contributed by atoms with Gasteiger partial charge in [-0.1, -0.05) is 38.1 Å². The van der Waals surface area contributed by atoms with Crippen LogP contribution in [-0.4, -0.2) is 46.9 Å². The van der Waals surface area contributed by atoms with Gasteiger partial charge in [0.2, 0.25) is 19.9 Å². The van der Waals surface area contributed by atoms with Crippen molar-refractivity contribution in [2.45, 2.75) is 78.3 Å². The van der Waals surface area contributed by atoms with E-state index in [-0.39, 0.29) is 26.6 Å². The van der Waals surface area contributed by atoms with E-state index in [0.29, 0.717) is 17.6 Å². The smallest absolute Gasteiger partial charge is 0.241 e. The number of sulfone groups is 1. The summed E-state index contributed by atoms with van der Waals surface area (Å²) < 4.78 is 56.0. The SMILES string of the molecule is CC(C)c1ccc(S(=O)(=O)c2ccccc2)cc1S(=O)(=O)NC1C[C@@H]2CC[C@@H](C1)N2C. The van der Waals surface area contributed by atoms with Crippen molar-refractivity contribution in [3.8, 4) is 0 Å². The number of sulfonamides is 1. The van der Waals surface area contributed by atoms with E-state index in [1.165, 1.54) is 24.3 Å². The third-order valence-electron chi connectivity index (χ3n) is 6.68. The normalized spacial score (nSPS) is 24.6. The van der Waals surface area contributed by atoms with Crippen LogP contribution < -0.4 is 4.72 Å². The molecule has 6 nitrogen and oxygen atoms in total. The monoisotopic (exact) mass is 462 g/mol. The van der Waals surface area contributed by atoms with E-state index < -0.39 is 19.9 Å². The molecule has 2 fully saturated rings. The minimum absolute atomic E-state index is 0.00748. The van der Waals surface area contributed by atoms with Crippen molar-refractivity contribution in [1.29, 1.82) is 0 Å². The molecule has 0 aromatic heterocycles. The molecule has 2 saturated heterocycles. The Hall–Kier alpha value is -1.74. The molecule has 2 aromatic rings. The van der Waals surface area contributed by atoms with Crippen molar-refractivity contribution in [2.75, 3.05) is 7.05 Å². The molecule has 4 rings (SSSR count). The van der Waals surface area contributed by atoms with Gasteiger partial charge in [0.1, 0.15) is 0 Å². The van der Waals surface area contributed by atoms with Crippen LogP contribution in [0.3, 0.4) is 0 Å². The lowest BCUT2D eigenvalue weighted by Crippen LogP contribution is -2.48. The molecule has 2 atom stereocenters. The number of fused-ring (bicyclic) bond motifs is 2. The summed E-state index contributed by atoms with van der Waals surface area (Å²) in [5.41, 5.74) is 0.621. The highest BCUT2D eigenvalue weighted by molar-refractivity contribution is 7.91. The van der Waals surface area contributed by atoms with Gasteiger partial charge >= 0.3 is 0 Å². The Bertz CT molecular complexity index is 1150. The van der Waals surface area contributed by atoms with Crippen LogP contribution in [0.2, 0.25) is 0 Å². The van der Waals surface area contributed by atoms with Gasteiger partial charge in [0, 0.05) is 18.1 Å². The van der Waals surface area contributed by atoms with E-state index in [0.717, 1.165) is 25.7 Å². The maximum Gasteiger partial charge on any atom is 0.241 e. The predicted octanol–water partition coefficient (Wildman–Crippen LogP) is 3.55. The van der Waals surface area contributed by atoms with Gasteiger partial charge in [0.15, 0.2) is 0 Å². The summed E-state index contributed by atoms with van der Waals surface area (Å²) in [6.45, 7) is 3.82. The maximum atomic E-state index is 13.4. The third kappa shape index (κ3) is 4.31. The van der Waals surface area contributed by atoms with E-state index in [4.69, 9.17) is 0 Å². The molecule has 0 spiro atoms. The molecule has 1 N–H and O–H groups in total. The first-order chi connectivity index (χ1) is 14.6. The number of nitrogens with zero attached hydrogens (tertiary/aromatic N) is 1. The summed E-state index contributed by atoms with van der Waals surface area (Å²) in [6.07, 6.45) is 3.76. The third-order valence-corrected chi connectivity index (χ3v) is 10.0. The van der Waals surface area contributed by atoms with E-state index >= 15 is 0 Å². The van der Waals surface area contributed by atoms with Crippen LogP contribution in [0.5, 0.6) is 0 Å². The second kappa shape index (κ2) is 8.31. The van der Waals surface area contributed by atoms with E-state index in [9.17, 15) is 16.8 Å². The first-order valence-corrected chi connectivity index (χ1v) is 13.7. The topological polar surface area (TPSA) is 83.5 Å². The van der Waals surface area contributed by atoms with Crippen molar-refractivity contribution in [3.63, 3.8) is 0 Å². The molecule has 31 heavy (non-hydrogen) atoms. The van der Waals surface area contributed by atoms with Crippen LogP contribution >= 0.6 is 0 Å². The second-order valence-corrected chi connectivity index (χ2v) is 12.6. The highest BCUT2D eigenvalue weighted by Gasteiger charge is 2.40. The fourth-order valence-corrected chi connectivity index (χ4v) is 7.95. The van der Waals surface area contributed by atoms with Gasteiger partial charge in [-0.05, 0) is 68.5 Å². The van der Waals surface area contributed by atoms with Gasteiger partial charge in [-0.15, -0.1) is 0 Å². The number of piperidine rings is 1. The van der Waals surface area contributed by atoms with Gasteiger partial charge in [-0.25, -0.2) is 21.6 Å². The predicted molar refractivity (Wildman–Crippen MR) is 120 cm³/mol. The highest BCUT2D eigenvalue weighted by Crippen LogP contribution is 2.35. The summed E-state index contributed by atoms with van der Waals surface area (Å²) in [7, 11) is -5.57. The Labute approximate surface area is 185 Å². The van der Waals surface area contributed by atoms with E-state index in [2.05, 4.69) is 16.7 Å². The van der Waals surface area contributed by atoms with Crippen LogP contribution in [0.4, 0.5) is 0 Å². The summed E-state index contributed by atoms with van der Waals surface area (Å²) >= 11 is 0. The minimum Gasteiger partial charge on any atom is -0.300 e. The molecule has 0 unspecified atom stereocenters. The van der Waals surface area contributed by atoms with Crippen LogP contribution in [0, 0.1) is 0 Å². The zero-order chi connectivity index (χ0) is 22.4. The van der Waals surface area contributed by atoms with Crippen LogP contribution in [0.25, 0.3) is 0 Å². The second-order valence-electron chi connectivity index (χ2n) is 9.01. The highest BCUT2D eigenvalue weighted by atomic mass is 32.2. The average molecular weight is 463 g/mol. The van der Waals surface area contributed by atoms with Crippen molar-refractivity contribution in [3.05, 3.63) is 54.1 Å². The standard InChI is InChI=1S/C23H30N2O4S2/c1-16(2)22-12-11-21(30(26,27)20-7-5-4-6-8-20)15-23(22)31(28,29)24-17-13-18-9-10-19(14-17)25(18)3/h4-8,11-12,15-19,24H,9-10,13-14H2,1-3H3/t18-,19-/m0/s1. The molecular formula is C23H30N2O4S2. The lowest BCUT2D eigenvalue weighted by atomic mass is 9.99. The lowest BCUT2D eigenvalue weighted by Gasteiger charge is -2.36. The Kier molecular flexibility index (Phi) is 6.02. The molecule has 2 heterocycles. The molecule has 2 aliphatic rings. The lowest BCUT2D eigenvalue weighted by molar-refractivity contribution is 0.157. The van der Waals surface area contributed by atoms with Gasteiger partial charge in [-0.2, -0.15) is 0 Å². The van der Waals surface area contributed by atoms with Crippen LogP contribution in [-0.2, 0) is 19.9 Å². The van der Waals surface area contributed by atoms with Gasteiger partial charge < -0.3 is 4.90 Å². The number of hydrogen-bond acceptors (Lipinski definition) is 5. The number of hydrogen-bond donors (Lipinski definition) is 1. The molecule has 0 saturated carbocycles. The molecule has 0 radical (unpaired) electrons. The maximum absolute atomic E-state index is 13.4. The molecule has 2 bridgehead atoms. The summed E-state index contributed by atoms with van der Waals surface area (Å²) in [4.78, 5) is 2.56. The fourth-order valence-electron chi connectivity index (χ4n) is 4.92. The van der Waals surface area contributed by atoms with Gasteiger partial charge in [0.05, 0.1) is 14.7 Å². The summed E-state index contributed by atoms with van der Waals surface area (Å²) in [5.74, 6) is -0.0614. The van der Waals surface area contributed by atoms with Crippen molar-refractivity contribution >= 4 is 19.9 Å². The first-order valence-electron chi connectivity index (χ1n) is 10.8. The van der Waals surface area contributed by atoms with E-state index in [1.807, 2.05) is 13.8 Å². The molecule has 2 aromatic carbocycles. The Morgan fingerprint density at radius 2 is 1.52 bits per heavy atom. The average Bonchev–Trinajstić information content (AvgIpc) is 2.94. The Balaban J connectivity index is 1.70. The van der Waals surface area contributed by atoms with Crippen molar-refractivity contribution in [1.82, 2.24) is 9.62 Å². The molecule has 0 amide bonds. The molecular weight excluding hydrogens is 432 g/mol. The Morgan fingerprint density at radius 3 is 2.10 bits per heavy atom. The summed E-state index contributed by atoms with van der Waals surface area (Å²) in [5, 5.41) is 0. The number of benzene rings is 2. The number of nitrogens with one attached hydrogen (secondary N) is 1. The molecule has 168 valence electrons. The fraction of sp³-hybridized carbons (Fsp3) is 0.478. The first kappa shape index (κ1) is 22.5. The zero-order valence-electron chi connectivity index (χ0n) is 18.2. The molecule has 0 aliphatic carbocycles. The minimum atomic E-state index is -3.87. The quantitative estimate of drug-likeness (QED) is 0.710. The zero-order valence-corrected chi connectivity index (χ0v) is 19.8.